The Morgan fingerprint density at radius 2 is 1.96 bits per heavy atom. The largest absolute Gasteiger partial charge is 0.338 e. The van der Waals surface area contributed by atoms with Gasteiger partial charge in [0, 0.05) is 17.8 Å². The van der Waals surface area contributed by atoms with E-state index in [1.165, 1.54) is 11.1 Å². The molecule has 25 heavy (non-hydrogen) atoms. The highest BCUT2D eigenvalue weighted by molar-refractivity contribution is 7.99. The van der Waals surface area contributed by atoms with E-state index in [0.717, 1.165) is 16.7 Å². The number of benzene rings is 1. The van der Waals surface area contributed by atoms with E-state index in [1.807, 2.05) is 12.4 Å². The molecule has 3 aromatic rings. The first-order chi connectivity index (χ1) is 11.8. The van der Waals surface area contributed by atoms with E-state index in [2.05, 4.69) is 79.4 Å². The lowest BCUT2D eigenvalue weighted by molar-refractivity contribution is 0.364. The summed E-state index contributed by atoms with van der Waals surface area (Å²) in [6.45, 7) is 12.5. The molecule has 0 aliphatic carbocycles. The summed E-state index contributed by atoms with van der Waals surface area (Å²) in [6, 6.07) is 6.43. The van der Waals surface area contributed by atoms with Gasteiger partial charge in [0.2, 0.25) is 5.89 Å². The molecule has 6 heteroatoms. The smallest absolute Gasteiger partial charge is 0.239 e. The van der Waals surface area contributed by atoms with Crippen LogP contribution in [0.25, 0.3) is 5.69 Å². The van der Waals surface area contributed by atoms with Crippen molar-refractivity contribution in [3.05, 3.63) is 53.4 Å². The second kappa shape index (κ2) is 6.67. The normalized spacial score (nSPS) is 13.2. The molecule has 5 nitrogen and oxygen atoms in total. The zero-order chi connectivity index (χ0) is 18.2. The third-order valence-electron chi connectivity index (χ3n) is 3.97. The maximum atomic E-state index is 5.47. The summed E-state index contributed by atoms with van der Waals surface area (Å²) >= 11 is 1.62. The molecule has 1 unspecified atom stereocenters. The van der Waals surface area contributed by atoms with E-state index >= 15 is 0 Å². The van der Waals surface area contributed by atoms with E-state index in [-0.39, 0.29) is 10.7 Å². The number of hydrogen-bond donors (Lipinski definition) is 0. The number of thioether (sulfide) groups is 1. The fraction of sp³-hybridized carbons (Fsp3) is 0.421. The van der Waals surface area contributed by atoms with Gasteiger partial charge in [-0.15, -0.1) is 0 Å². The first-order valence-corrected chi connectivity index (χ1v) is 9.25. The van der Waals surface area contributed by atoms with Crippen LogP contribution in [0, 0.1) is 13.8 Å². The van der Waals surface area contributed by atoms with Crippen molar-refractivity contribution in [2.75, 3.05) is 0 Å². The van der Waals surface area contributed by atoms with Gasteiger partial charge in [-0.25, -0.2) is 4.98 Å². The average Bonchev–Trinajstić information content (AvgIpc) is 3.18. The highest BCUT2D eigenvalue weighted by atomic mass is 32.2. The minimum absolute atomic E-state index is 0.0230. The summed E-state index contributed by atoms with van der Waals surface area (Å²) in [7, 11) is 0. The van der Waals surface area contributed by atoms with Crippen LogP contribution < -0.4 is 0 Å². The van der Waals surface area contributed by atoms with Gasteiger partial charge in [0.15, 0.2) is 11.0 Å². The fourth-order valence-electron chi connectivity index (χ4n) is 2.45. The number of nitrogens with zero attached hydrogens (tertiary/aromatic N) is 4. The molecule has 0 amide bonds. The first kappa shape index (κ1) is 17.7. The van der Waals surface area contributed by atoms with Crippen LogP contribution in [-0.2, 0) is 5.41 Å². The average molecular weight is 356 g/mol. The maximum Gasteiger partial charge on any atom is 0.239 e. The summed E-state index contributed by atoms with van der Waals surface area (Å²) in [5, 5.41) is 5.05. The van der Waals surface area contributed by atoms with Crippen molar-refractivity contribution >= 4 is 11.8 Å². The van der Waals surface area contributed by atoms with E-state index in [9.17, 15) is 0 Å². The fourth-order valence-corrected chi connectivity index (χ4v) is 3.36. The Morgan fingerprint density at radius 3 is 2.64 bits per heavy atom. The van der Waals surface area contributed by atoms with Gasteiger partial charge in [-0.05, 0) is 38.0 Å². The summed E-state index contributed by atoms with van der Waals surface area (Å²) in [5.74, 6) is 1.36. The number of aromatic nitrogens is 4. The van der Waals surface area contributed by atoms with Gasteiger partial charge in [0.05, 0.1) is 10.9 Å². The lowest BCUT2D eigenvalue weighted by Crippen LogP contribution is -2.13. The van der Waals surface area contributed by atoms with Crippen LogP contribution in [0.3, 0.4) is 0 Å². The molecule has 0 aliphatic rings. The Bertz CT molecular complexity index is 876. The third-order valence-corrected chi connectivity index (χ3v) is 5.04. The van der Waals surface area contributed by atoms with Gasteiger partial charge >= 0.3 is 0 Å². The Morgan fingerprint density at radius 1 is 1.20 bits per heavy atom. The summed E-state index contributed by atoms with van der Waals surface area (Å²) in [4.78, 5) is 9.08. The summed E-state index contributed by atoms with van der Waals surface area (Å²) in [5.41, 5.74) is 3.47. The first-order valence-electron chi connectivity index (χ1n) is 8.37. The quantitative estimate of drug-likeness (QED) is 0.614. The van der Waals surface area contributed by atoms with Crippen LogP contribution in [0.1, 0.15) is 55.8 Å². The zero-order valence-electron chi connectivity index (χ0n) is 15.6. The molecule has 0 saturated heterocycles. The second-order valence-electron chi connectivity index (χ2n) is 7.34. The van der Waals surface area contributed by atoms with Crippen LogP contribution >= 0.6 is 11.8 Å². The van der Waals surface area contributed by atoms with Gasteiger partial charge in [0.25, 0.3) is 0 Å². The topological polar surface area (TPSA) is 56.7 Å². The second-order valence-corrected chi connectivity index (χ2v) is 8.64. The minimum Gasteiger partial charge on any atom is -0.338 e. The molecular weight excluding hydrogens is 332 g/mol. The zero-order valence-corrected chi connectivity index (χ0v) is 16.4. The molecule has 2 heterocycles. The van der Waals surface area contributed by atoms with Gasteiger partial charge in [-0.2, -0.15) is 4.98 Å². The molecule has 0 saturated carbocycles. The number of aryl methyl sites for hydroxylation is 2. The SMILES string of the molecule is Cc1ccc(C)c(-n2ccnc2SC(C)c2nc(C(C)(C)C)no2)c1. The minimum atomic E-state index is -0.122. The van der Waals surface area contributed by atoms with Gasteiger partial charge in [-0.1, -0.05) is 49.8 Å². The Kier molecular flexibility index (Phi) is 4.73. The lowest BCUT2D eigenvalue weighted by atomic mass is 9.96. The van der Waals surface area contributed by atoms with E-state index in [4.69, 9.17) is 4.52 Å². The number of hydrogen-bond acceptors (Lipinski definition) is 5. The Labute approximate surface area is 152 Å². The van der Waals surface area contributed by atoms with E-state index in [0.29, 0.717) is 5.89 Å². The Balaban J connectivity index is 1.86. The molecule has 0 bridgehead atoms. The van der Waals surface area contributed by atoms with Crippen LogP contribution in [-0.4, -0.2) is 19.7 Å². The van der Waals surface area contributed by atoms with E-state index < -0.39 is 0 Å². The molecule has 132 valence electrons. The molecule has 0 spiro atoms. The van der Waals surface area contributed by atoms with Crippen molar-refractivity contribution in [1.82, 2.24) is 19.7 Å². The van der Waals surface area contributed by atoms with Crippen LogP contribution in [0.15, 0.2) is 40.3 Å². The van der Waals surface area contributed by atoms with Crippen molar-refractivity contribution in [1.29, 1.82) is 0 Å². The molecule has 1 aromatic carbocycles. The highest BCUT2D eigenvalue weighted by Gasteiger charge is 2.24. The van der Waals surface area contributed by atoms with Gasteiger partial charge in [0.1, 0.15) is 0 Å². The van der Waals surface area contributed by atoms with Crippen LogP contribution in [0.2, 0.25) is 0 Å². The predicted octanol–water partition coefficient (Wildman–Crippen LogP) is 5.02. The van der Waals surface area contributed by atoms with Crippen molar-refractivity contribution in [2.45, 2.75) is 57.4 Å². The van der Waals surface area contributed by atoms with Crippen molar-refractivity contribution in [2.24, 2.45) is 0 Å². The molecule has 2 aromatic heterocycles. The summed E-state index contributed by atoms with van der Waals surface area (Å²) in [6.07, 6.45) is 3.82. The van der Waals surface area contributed by atoms with Crippen LogP contribution in [0.5, 0.6) is 0 Å². The molecule has 1 atom stereocenters. The molecular formula is C19H24N4OS. The van der Waals surface area contributed by atoms with Crippen molar-refractivity contribution in [3.63, 3.8) is 0 Å². The lowest BCUT2D eigenvalue weighted by Gasteiger charge is -2.13. The monoisotopic (exact) mass is 356 g/mol. The standard InChI is InChI=1S/C19H24N4OS/c1-12-7-8-13(2)15(11-12)23-10-9-20-18(23)25-14(3)16-21-17(22-24-16)19(4,5)6/h7-11,14H,1-6H3. The molecule has 0 aliphatic heterocycles. The molecule has 0 radical (unpaired) electrons. The van der Waals surface area contributed by atoms with Crippen molar-refractivity contribution < 1.29 is 4.52 Å². The molecule has 0 N–H and O–H groups in total. The Hall–Kier alpha value is -2.08. The molecule has 0 fully saturated rings. The number of imidazole rings is 1. The highest BCUT2D eigenvalue weighted by Crippen LogP contribution is 2.35. The maximum absolute atomic E-state index is 5.47. The summed E-state index contributed by atoms with van der Waals surface area (Å²) < 4.78 is 7.59. The molecule has 3 rings (SSSR count). The van der Waals surface area contributed by atoms with Crippen LogP contribution in [0.4, 0.5) is 0 Å². The van der Waals surface area contributed by atoms with E-state index in [1.54, 1.807) is 11.8 Å². The number of rotatable bonds is 4. The predicted molar refractivity (Wildman–Crippen MR) is 100 cm³/mol. The van der Waals surface area contributed by atoms with Gasteiger partial charge in [-0.3, -0.25) is 4.57 Å². The third kappa shape index (κ3) is 3.79. The van der Waals surface area contributed by atoms with Gasteiger partial charge < -0.3 is 4.52 Å². The van der Waals surface area contributed by atoms with Crippen molar-refractivity contribution in [3.8, 4) is 5.69 Å².